The lowest BCUT2D eigenvalue weighted by Gasteiger charge is -2.44. The summed E-state index contributed by atoms with van der Waals surface area (Å²) in [5.41, 5.74) is 0.390. The second-order valence-corrected chi connectivity index (χ2v) is 8.16. The molecule has 1 saturated carbocycles. The maximum atomic E-state index is 13.4. The Morgan fingerprint density at radius 2 is 1.92 bits per heavy atom. The van der Waals surface area contributed by atoms with Crippen molar-refractivity contribution in [2.24, 2.45) is 12.5 Å². The van der Waals surface area contributed by atoms with Gasteiger partial charge in [0.05, 0.1) is 5.41 Å². The Hall–Kier alpha value is -1.78. The second-order valence-electron chi connectivity index (χ2n) is 8.16. The predicted molar refractivity (Wildman–Crippen MR) is 96.2 cm³/mol. The van der Waals surface area contributed by atoms with Crippen molar-refractivity contribution in [1.82, 2.24) is 14.4 Å². The summed E-state index contributed by atoms with van der Waals surface area (Å²) in [6.45, 7) is 2.21. The number of hydrogen-bond donors (Lipinski definition) is 0. The third-order valence-corrected chi connectivity index (χ3v) is 6.59. The van der Waals surface area contributed by atoms with Crippen molar-refractivity contribution >= 4 is 11.8 Å². The van der Waals surface area contributed by atoms with Crippen molar-refractivity contribution < 1.29 is 9.59 Å². The molecule has 1 aliphatic carbocycles. The number of nitrogens with zero attached hydrogens (tertiary/aromatic N) is 3. The highest BCUT2D eigenvalue weighted by Crippen LogP contribution is 2.42. The predicted octanol–water partition coefficient (Wildman–Crippen LogP) is 2.81. The Kier molecular flexibility index (Phi) is 4.34. The summed E-state index contributed by atoms with van der Waals surface area (Å²) in [6.07, 6.45) is 10.9. The van der Waals surface area contributed by atoms with Gasteiger partial charge in [0.1, 0.15) is 5.69 Å². The van der Waals surface area contributed by atoms with Gasteiger partial charge < -0.3 is 14.4 Å². The molecule has 0 unspecified atom stereocenters. The minimum Gasteiger partial charge on any atom is -0.347 e. The molecule has 3 fully saturated rings. The van der Waals surface area contributed by atoms with Gasteiger partial charge in [0.25, 0.3) is 5.91 Å². The summed E-state index contributed by atoms with van der Waals surface area (Å²) in [6, 6.07) is 4.20. The van der Waals surface area contributed by atoms with E-state index >= 15 is 0 Å². The number of amides is 2. The van der Waals surface area contributed by atoms with E-state index in [-0.39, 0.29) is 11.3 Å². The Morgan fingerprint density at radius 1 is 1.12 bits per heavy atom. The molecule has 5 nitrogen and oxygen atoms in total. The van der Waals surface area contributed by atoms with Crippen molar-refractivity contribution in [1.29, 1.82) is 0 Å². The Labute approximate surface area is 150 Å². The topological polar surface area (TPSA) is 45.6 Å². The zero-order chi connectivity index (χ0) is 17.4. The highest BCUT2D eigenvalue weighted by molar-refractivity contribution is 5.94. The second kappa shape index (κ2) is 6.50. The maximum absolute atomic E-state index is 13.4. The maximum Gasteiger partial charge on any atom is 0.270 e. The lowest BCUT2D eigenvalue weighted by atomic mass is 9.77. The fourth-order valence-electron chi connectivity index (χ4n) is 5.11. The van der Waals surface area contributed by atoms with E-state index in [0.29, 0.717) is 30.7 Å². The number of piperidine rings is 1. The molecule has 5 heteroatoms. The molecule has 3 heterocycles. The van der Waals surface area contributed by atoms with Crippen molar-refractivity contribution in [2.45, 2.75) is 57.4 Å². The van der Waals surface area contributed by atoms with Gasteiger partial charge in [0.2, 0.25) is 5.91 Å². The van der Waals surface area contributed by atoms with Gasteiger partial charge in [0.15, 0.2) is 0 Å². The lowest BCUT2D eigenvalue weighted by molar-refractivity contribution is -0.149. The van der Waals surface area contributed by atoms with Crippen LogP contribution in [0.4, 0.5) is 0 Å². The zero-order valence-electron chi connectivity index (χ0n) is 15.2. The van der Waals surface area contributed by atoms with E-state index in [4.69, 9.17) is 0 Å². The summed E-state index contributed by atoms with van der Waals surface area (Å²) < 4.78 is 1.87. The highest BCUT2D eigenvalue weighted by atomic mass is 16.2. The first-order valence-electron chi connectivity index (χ1n) is 9.82. The summed E-state index contributed by atoms with van der Waals surface area (Å²) in [5, 5.41) is 0. The van der Waals surface area contributed by atoms with Crippen LogP contribution in [0.15, 0.2) is 18.3 Å². The normalized spacial score (nSPS) is 28.1. The molecule has 2 saturated heterocycles. The van der Waals surface area contributed by atoms with Crippen molar-refractivity contribution in [3.05, 3.63) is 24.0 Å². The summed E-state index contributed by atoms with van der Waals surface area (Å²) in [5.74, 6) is 0.389. The first-order chi connectivity index (χ1) is 12.1. The highest BCUT2D eigenvalue weighted by Gasteiger charge is 2.50. The third kappa shape index (κ3) is 2.87. The first kappa shape index (κ1) is 16.7. The Morgan fingerprint density at radius 3 is 2.64 bits per heavy atom. The summed E-state index contributed by atoms with van der Waals surface area (Å²) >= 11 is 0. The van der Waals surface area contributed by atoms with Gasteiger partial charge in [-0.1, -0.05) is 19.3 Å². The Bertz CT molecular complexity index is 662. The molecule has 0 bridgehead atoms. The van der Waals surface area contributed by atoms with Gasteiger partial charge >= 0.3 is 0 Å². The third-order valence-electron chi connectivity index (χ3n) is 6.59. The minimum absolute atomic E-state index is 0.0620. The Balaban J connectivity index is 1.49. The van der Waals surface area contributed by atoms with Crippen LogP contribution in [0.3, 0.4) is 0 Å². The molecular formula is C20H29N3O2. The van der Waals surface area contributed by atoms with Crippen molar-refractivity contribution in [3.8, 4) is 0 Å². The van der Waals surface area contributed by atoms with Gasteiger partial charge in [-0.25, -0.2) is 0 Å². The molecule has 0 aromatic carbocycles. The number of carbonyl (C=O) groups is 2. The number of carbonyl (C=O) groups excluding carboxylic acids is 2. The van der Waals surface area contributed by atoms with E-state index in [1.807, 2.05) is 34.8 Å². The summed E-state index contributed by atoms with van der Waals surface area (Å²) in [7, 11) is 1.90. The van der Waals surface area contributed by atoms with E-state index in [0.717, 1.165) is 38.6 Å². The molecule has 1 aromatic heterocycles. The first-order valence-corrected chi connectivity index (χ1v) is 9.82. The van der Waals surface area contributed by atoms with E-state index in [1.165, 1.54) is 19.3 Å². The van der Waals surface area contributed by atoms with Crippen LogP contribution < -0.4 is 0 Å². The number of rotatable bonds is 2. The van der Waals surface area contributed by atoms with Crippen LogP contribution in [0.2, 0.25) is 0 Å². The number of aromatic nitrogens is 1. The van der Waals surface area contributed by atoms with Gasteiger partial charge in [-0.2, -0.15) is 0 Å². The molecule has 1 aromatic rings. The molecule has 4 rings (SSSR count). The number of hydrogen-bond acceptors (Lipinski definition) is 2. The fourth-order valence-corrected chi connectivity index (χ4v) is 5.11. The SMILES string of the molecule is Cn1cccc1C(=O)N1CC[C@@]2(CCCN(C3CCCCC3)C2=O)C1. The van der Waals surface area contributed by atoms with Gasteiger partial charge in [-0.05, 0) is 44.2 Å². The average molecular weight is 343 g/mol. The molecule has 136 valence electrons. The van der Waals surface area contributed by atoms with Gasteiger partial charge in [-0.15, -0.1) is 0 Å². The van der Waals surface area contributed by atoms with Crippen LogP contribution >= 0.6 is 0 Å². The fraction of sp³-hybridized carbons (Fsp3) is 0.700. The molecule has 0 radical (unpaired) electrons. The van der Waals surface area contributed by atoms with E-state index in [1.54, 1.807) is 0 Å². The molecule has 2 amide bonds. The van der Waals surface area contributed by atoms with Crippen LogP contribution in [0, 0.1) is 5.41 Å². The summed E-state index contributed by atoms with van der Waals surface area (Å²) in [4.78, 5) is 30.3. The van der Waals surface area contributed by atoms with E-state index in [9.17, 15) is 9.59 Å². The van der Waals surface area contributed by atoms with E-state index in [2.05, 4.69) is 4.90 Å². The van der Waals surface area contributed by atoms with Crippen LogP contribution in [0.25, 0.3) is 0 Å². The molecule has 1 spiro atoms. The molecular weight excluding hydrogens is 314 g/mol. The zero-order valence-corrected chi connectivity index (χ0v) is 15.2. The van der Waals surface area contributed by atoms with Crippen LogP contribution in [0.5, 0.6) is 0 Å². The van der Waals surface area contributed by atoms with E-state index < -0.39 is 0 Å². The number of aryl methyl sites for hydroxylation is 1. The van der Waals surface area contributed by atoms with Crippen molar-refractivity contribution in [2.75, 3.05) is 19.6 Å². The number of likely N-dealkylation sites (tertiary alicyclic amines) is 2. The standard InChI is InChI=1S/C20H29N3O2/c1-21-12-5-9-17(21)18(24)22-14-11-20(15-22)10-6-13-23(19(20)25)16-7-3-2-4-8-16/h5,9,12,16H,2-4,6-8,10-11,13-15H2,1H3/t20-/m0/s1. The van der Waals surface area contributed by atoms with Crippen LogP contribution in [-0.2, 0) is 11.8 Å². The average Bonchev–Trinajstić information content (AvgIpc) is 3.25. The molecule has 2 aliphatic heterocycles. The largest absolute Gasteiger partial charge is 0.347 e. The van der Waals surface area contributed by atoms with Crippen molar-refractivity contribution in [3.63, 3.8) is 0 Å². The van der Waals surface area contributed by atoms with Gasteiger partial charge in [0, 0.05) is 38.9 Å². The quantitative estimate of drug-likeness (QED) is 0.829. The molecule has 25 heavy (non-hydrogen) atoms. The molecule has 0 N–H and O–H groups in total. The lowest BCUT2D eigenvalue weighted by Crippen LogP contribution is -2.54. The monoisotopic (exact) mass is 343 g/mol. The van der Waals surface area contributed by atoms with Crippen LogP contribution in [0.1, 0.15) is 61.9 Å². The molecule has 1 atom stereocenters. The van der Waals surface area contributed by atoms with Gasteiger partial charge in [-0.3, -0.25) is 9.59 Å². The minimum atomic E-state index is -0.323. The van der Waals surface area contributed by atoms with Crippen LogP contribution in [-0.4, -0.2) is 51.9 Å². The molecule has 3 aliphatic rings. The smallest absolute Gasteiger partial charge is 0.270 e.